The average Bonchev–Trinajstić information content (AvgIpc) is 2.71. The van der Waals surface area contributed by atoms with Crippen LogP contribution in [0, 0.1) is 6.92 Å². The maximum atomic E-state index is 12.4. The lowest BCUT2D eigenvalue weighted by atomic mass is 10.2. The zero-order valence-electron chi connectivity index (χ0n) is 16.4. The van der Waals surface area contributed by atoms with Gasteiger partial charge in [0.1, 0.15) is 11.5 Å². The Hall–Kier alpha value is -3.39. The minimum Gasteiger partial charge on any atom is -0.480 e. The molecule has 3 N–H and O–H groups in total. The molecule has 1 aromatic heterocycles. The number of anilines is 1. The van der Waals surface area contributed by atoms with Crippen LogP contribution in [0.1, 0.15) is 22.8 Å². The molecule has 7 nitrogen and oxygen atoms in total. The Morgan fingerprint density at radius 2 is 1.93 bits per heavy atom. The predicted molar refractivity (Wildman–Crippen MR) is 117 cm³/mol. The second-order valence-electron chi connectivity index (χ2n) is 6.56. The molecule has 0 saturated carbocycles. The van der Waals surface area contributed by atoms with E-state index in [2.05, 4.69) is 26.2 Å². The number of halogens is 1. The number of primary amides is 1. The SMILES string of the molecule is Cc1ccc(OC(C)C(=O)Nc2ccc(Oc3cccc(C(N)=O)c3)nc2)c(Br)c1. The number of pyridine rings is 1. The summed E-state index contributed by atoms with van der Waals surface area (Å²) in [6.07, 6.45) is 0.760. The molecule has 2 aromatic carbocycles. The molecule has 0 radical (unpaired) electrons. The van der Waals surface area contributed by atoms with E-state index < -0.39 is 12.0 Å². The van der Waals surface area contributed by atoms with E-state index in [1.165, 1.54) is 12.3 Å². The molecule has 1 heterocycles. The monoisotopic (exact) mass is 469 g/mol. The number of ether oxygens (including phenoxy) is 2. The summed E-state index contributed by atoms with van der Waals surface area (Å²) in [4.78, 5) is 27.8. The van der Waals surface area contributed by atoms with Crippen LogP contribution < -0.4 is 20.5 Å². The number of carbonyl (C=O) groups is 2. The van der Waals surface area contributed by atoms with Crippen LogP contribution in [0.15, 0.2) is 65.3 Å². The van der Waals surface area contributed by atoms with Gasteiger partial charge in [0.05, 0.1) is 16.4 Å². The number of rotatable bonds is 7. The van der Waals surface area contributed by atoms with E-state index in [0.29, 0.717) is 28.6 Å². The summed E-state index contributed by atoms with van der Waals surface area (Å²) in [5, 5.41) is 2.75. The third-order valence-electron chi connectivity index (χ3n) is 4.11. The fourth-order valence-electron chi connectivity index (χ4n) is 2.54. The molecule has 154 valence electrons. The molecule has 0 bridgehead atoms. The summed E-state index contributed by atoms with van der Waals surface area (Å²) in [6.45, 7) is 3.64. The highest BCUT2D eigenvalue weighted by Crippen LogP contribution is 2.27. The third kappa shape index (κ3) is 5.57. The summed E-state index contributed by atoms with van der Waals surface area (Å²) >= 11 is 3.43. The molecule has 3 rings (SSSR count). The summed E-state index contributed by atoms with van der Waals surface area (Å²) in [7, 11) is 0. The Balaban J connectivity index is 1.60. The fourth-order valence-corrected chi connectivity index (χ4v) is 3.12. The van der Waals surface area contributed by atoms with Gasteiger partial charge in [0, 0.05) is 11.6 Å². The maximum absolute atomic E-state index is 12.4. The van der Waals surface area contributed by atoms with Crippen molar-refractivity contribution in [2.45, 2.75) is 20.0 Å². The quantitative estimate of drug-likeness (QED) is 0.531. The number of aromatic nitrogens is 1. The molecule has 8 heteroatoms. The molecule has 0 saturated heterocycles. The van der Waals surface area contributed by atoms with Gasteiger partial charge in [0.25, 0.3) is 5.91 Å². The third-order valence-corrected chi connectivity index (χ3v) is 4.72. The van der Waals surface area contributed by atoms with Crippen LogP contribution in [0.25, 0.3) is 0 Å². The molecule has 0 fully saturated rings. The molecule has 0 aliphatic heterocycles. The van der Waals surface area contributed by atoms with Gasteiger partial charge in [0.15, 0.2) is 6.10 Å². The number of carbonyl (C=O) groups excluding carboxylic acids is 2. The van der Waals surface area contributed by atoms with Crippen LogP contribution in [0.3, 0.4) is 0 Å². The zero-order chi connectivity index (χ0) is 21.7. The van der Waals surface area contributed by atoms with Gasteiger partial charge in [-0.25, -0.2) is 4.98 Å². The lowest BCUT2D eigenvalue weighted by molar-refractivity contribution is -0.122. The van der Waals surface area contributed by atoms with Crippen molar-refractivity contribution < 1.29 is 19.1 Å². The van der Waals surface area contributed by atoms with E-state index in [1.54, 1.807) is 37.3 Å². The van der Waals surface area contributed by atoms with Crippen molar-refractivity contribution in [2.75, 3.05) is 5.32 Å². The second kappa shape index (κ2) is 9.41. The number of benzene rings is 2. The van der Waals surface area contributed by atoms with Crippen molar-refractivity contribution in [3.05, 3.63) is 76.4 Å². The van der Waals surface area contributed by atoms with Crippen LogP contribution in [-0.4, -0.2) is 22.9 Å². The summed E-state index contributed by atoms with van der Waals surface area (Å²) < 4.78 is 12.1. The van der Waals surface area contributed by atoms with Crippen LogP contribution >= 0.6 is 15.9 Å². The van der Waals surface area contributed by atoms with Crippen molar-refractivity contribution >= 4 is 33.4 Å². The Bertz CT molecular complexity index is 1070. The van der Waals surface area contributed by atoms with Gasteiger partial charge in [-0.15, -0.1) is 0 Å². The Kier molecular flexibility index (Phi) is 6.68. The highest BCUT2D eigenvalue weighted by atomic mass is 79.9. The molecular weight excluding hydrogens is 450 g/mol. The lowest BCUT2D eigenvalue weighted by Gasteiger charge is -2.16. The maximum Gasteiger partial charge on any atom is 0.265 e. The average molecular weight is 470 g/mol. The van der Waals surface area contributed by atoms with E-state index >= 15 is 0 Å². The van der Waals surface area contributed by atoms with Crippen molar-refractivity contribution in [3.63, 3.8) is 0 Å². The molecule has 30 heavy (non-hydrogen) atoms. The molecule has 1 unspecified atom stereocenters. The largest absolute Gasteiger partial charge is 0.480 e. The molecule has 0 spiro atoms. The Labute approximate surface area is 182 Å². The molecule has 2 amide bonds. The number of nitrogens with two attached hydrogens (primary N) is 1. The highest BCUT2D eigenvalue weighted by Gasteiger charge is 2.16. The van der Waals surface area contributed by atoms with Gasteiger partial charge in [-0.3, -0.25) is 9.59 Å². The number of hydrogen-bond donors (Lipinski definition) is 2. The summed E-state index contributed by atoms with van der Waals surface area (Å²) in [5.74, 6) is 0.472. The normalized spacial score (nSPS) is 11.4. The first-order chi connectivity index (χ1) is 14.3. The standard InChI is InChI=1S/C22H20BrN3O4/c1-13-6-8-19(18(23)10-13)29-14(2)22(28)26-16-7-9-20(25-12-16)30-17-5-3-4-15(11-17)21(24)27/h3-12,14H,1-2H3,(H2,24,27)(H,26,28). The van der Waals surface area contributed by atoms with Crippen molar-refractivity contribution in [3.8, 4) is 17.4 Å². The van der Waals surface area contributed by atoms with Gasteiger partial charge in [0.2, 0.25) is 11.8 Å². The molecule has 0 aliphatic carbocycles. The van der Waals surface area contributed by atoms with Crippen molar-refractivity contribution in [1.82, 2.24) is 4.98 Å². The molecule has 1 atom stereocenters. The van der Waals surface area contributed by atoms with Gasteiger partial charge in [-0.05, 0) is 71.7 Å². The van der Waals surface area contributed by atoms with Gasteiger partial charge < -0.3 is 20.5 Å². The smallest absolute Gasteiger partial charge is 0.265 e. The first kappa shape index (κ1) is 21.3. The number of amides is 2. The number of aryl methyl sites for hydroxylation is 1. The van der Waals surface area contributed by atoms with Gasteiger partial charge in [-0.2, -0.15) is 0 Å². The first-order valence-corrected chi connectivity index (χ1v) is 9.88. The molecule has 0 aliphatic rings. The number of hydrogen-bond acceptors (Lipinski definition) is 5. The summed E-state index contributed by atoms with van der Waals surface area (Å²) in [6, 6.07) is 15.4. The molecular formula is C22H20BrN3O4. The second-order valence-corrected chi connectivity index (χ2v) is 7.42. The zero-order valence-corrected chi connectivity index (χ0v) is 18.0. The minimum absolute atomic E-state index is 0.308. The van der Waals surface area contributed by atoms with Crippen LogP contribution in [0.2, 0.25) is 0 Å². The van der Waals surface area contributed by atoms with E-state index in [-0.39, 0.29) is 5.91 Å². The fraction of sp³-hybridized carbons (Fsp3) is 0.136. The van der Waals surface area contributed by atoms with Crippen molar-refractivity contribution in [2.24, 2.45) is 5.73 Å². The van der Waals surface area contributed by atoms with E-state index in [1.807, 2.05) is 25.1 Å². The number of nitrogens with zero attached hydrogens (tertiary/aromatic N) is 1. The van der Waals surface area contributed by atoms with Crippen LogP contribution in [0.4, 0.5) is 5.69 Å². The van der Waals surface area contributed by atoms with Gasteiger partial charge in [-0.1, -0.05) is 12.1 Å². The topological polar surface area (TPSA) is 104 Å². The van der Waals surface area contributed by atoms with Crippen molar-refractivity contribution in [1.29, 1.82) is 0 Å². The van der Waals surface area contributed by atoms with E-state index in [9.17, 15) is 9.59 Å². The predicted octanol–water partition coefficient (Wildman–Crippen LogP) is 4.45. The van der Waals surface area contributed by atoms with Gasteiger partial charge >= 0.3 is 0 Å². The Morgan fingerprint density at radius 1 is 1.13 bits per heavy atom. The number of nitrogens with one attached hydrogen (secondary N) is 1. The first-order valence-electron chi connectivity index (χ1n) is 9.09. The van der Waals surface area contributed by atoms with E-state index in [4.69, 9.17) is 15.2 Å². The van der Waals surface area contributed by atoms with Crippen LogP contribution in [-0.2, 0) is 4.79 Å². The molecule has 3 aromatic rings. The van der Waals surface area contributed by atoms with Crippen LogP contribution in [0.5, 0.6) is 17.4 Å². The highest BCUT2D eigenvalue weighted by molar-refractivity contribution is 9.10. The Morgan fingerprint density at radius 3 is 2.60 bits per heavy atom. The van der Waals surface area contributed by atoms with E-state index in [0.717, 1.165) is 10.0 Å². The summed E-state index contributed by atoms with van der Waals surface area (Å²) in [5.41, 5.74) is 7.19. The minimum atomic E-state index is -0.712. The lowest BCUT2D eigenvalue weighted by Crippen LogP contribution is -2.30.